The molecule has 0 aliphatic heterocycles. The average molecular weight is 921 g/mol. The zero-order valence-corrected chi connectivity index (χ0v) is 43.4. The molecule has 1 unspecified atom stereocenters. The number of unbranched alkanes of at least 4 members (excludes halogenated alkanes) is 27. The second kappa shape index (κ2) is 54.5. The molecule has 0 bridgehead atoms. The number of hydrogen-bond acceptors (Lipinski definition) is 6. The molecule has 6 nitrogen and oxygen atoms in total. The first-order valence-corrected chi connectivity index (χ1v) is 27.9. The predicted molar refractivity (Wildman–Crippen MR) is 284 cm³/mol. The summed E-state index contributed by atoms with van der Waals surface area (Å²) in [5.41, 5.74) is 0. The zero-order valence-electron chi connectivity index (χ0n) is 43.4. The Labute approximate surface area is 408 Å². The summed E-state index contributed by atoms with van der Waals surface area (Å²) < 4.78 is 16.8. The summed E-state index contributed by atoms with van der Waals surface area (Å²) in [5, 5.41) is 0. The van der Waals surface area contributed by atoms with E-state index in [4.69, 9.17) is 14.2 Å². The number of hydrogen-bond donors (Lipinski definition) is 0. The highest BCUT2D eigenvalue weighted by atomic mass is 16.6. The fraction of sp³-hybridized carbons (Fsp3) is 0.750. The Morgan fingerprint density at radius 1 is 0.303 bits per heavy atom. The Morgan fingerprint density at radius 2 is 0.561 bits per heavy atom. The fourth-order valence-corrected chi connectivity index (χ4v) is 7.64. The van der Waals surface area contributed by atoms with Gasteiger partial charge in [0.15, 0.2) is 6.10 Å². The van der Waals surface area contributed by atoms with Crippen LogP contribution in [0, 0.1) is 0 Å². The van der Waals surface area contributed by atoms with Crippen molar-refractivity contribution in [3.63, 3.8) is 0 Å². The molecule has 66 heavy (non-hydrogen) atoms. The van der Waals surface area contributed by atoms with Gasteiger partial charge in [-0.15, -0.1) is 0 Å². The van der Waals surface area contributed by atoms with Crippen molar-refractivity contribution in [2.75, 3.05) is 13.2 Å². The average Bonchev–Trinajstić information content (AvgIpc) is 3.31. The molecule has 0 aromatic heterocycles. The van der Waals surface area contributed by atoms with Crippen LogP contribution >= 0.6 is 0 Å². The third kappa shape index (κ3) is 51.8. The van der Waals surface area contributed by atoms with Gasteiger partial charge < -0.3 is 14.2 Å². The van der Waals surface area contributed by atoms with Crippen LogP contribution in [0.2, 0.25) is 0 Å². The van der Waals surface area contributed by atoms with Crippen molar-refractivity contribution in [1.82, 2.24) is 0 Å². The first-order chi connectivity index (χ1) is 32.5. The standard InChI is InChI=1S/C60H104O6/c1-4-7-10-13-16-19-22-25-28-29-30-31-33-35-38-41-44-47-50-53-59(62)65-56-57(55-64-58(61)52-49-46-43-40-37-34-27-24-21-18-15-12-9-6-3)66-60(63)54-51-48-45-42-39-36-32-26-23-20-17-14-11-8-5-2/h15-16,18-19,24-28,30-32,57H,4-14,17,20-23,29,33-56H2,1-3H3/b18-15-,19-16-,27-24-,28-25-,31-30-,32-26-. The largest absolute Gasteiger partial charge is 0.462 e. The highest BCUT2D eigenvalue weighted by Crippen LogP contribution is 2.14. The van der Waals surface area contributed by atoms with E-state index in [1.54, 1.807) is 0 Å². The van der Waals surface area contributed by atoms with Gasteiger partial charge in [0.1, 0.15) is 13.2 Å². The van der Waals surface area contributed by atoms with E-state index in [0.29, 0.717) is 19.3 Å². The molecule has 0 aromatic carbocycles. The molecule has 0 aromatic rings. The zero-order chi connectivity index (χ0) is 47.9. The first kappa shape index (κ1) is 62.8. The van der Waals surface area contributed by atoms with Crippen LogP contribution < -0.4 is 0 Å². The van der Waals surface area contributed by atoms with E-state index in [0.717, 1.165) is 116 Å². The van der Waals surface area contributed by atoms with Crippen LogP contribution in [0.4, 0.5) is 0 Å². The third-order valence-corrected chi connectivity index (χ3v) is 11.9. The van der Waals surface area contributed by atoms with Crippen LogP contribution in [-0.2, 0) is 28.6 Å². The van der Waals surface area contributed by atoms with Gasteiger partial charge in [0.2, 0.25) is 0 Å². The van der Waals surface area contributed by atoms with Crippen molar-refractivity contribution in [2.45, 2.75) is 277 Å². The molecule has 0 saturated heterocycles. The summed E-state index contributed by atoms with van der Waals surface area (Å²) in [7, 11) is 0. The summed E-state index contributed by atoms with van der Waals surface area (Å²) in [6.07, 6.45) is 68.8. The molecule has 0 heterocycles. The van der Waals surface area contributed by atoms with E-state index < -0.39 is 6.10 Å². The normalized spacial score (nSPS) is 12.6. The number of ether oxygens (including phenoxy) is 3. The van der Waals surface area contributed by atoms with Crippen molar-refractivity contribution in [3.8, 4) is 0 Å². The van der Waals surface area contributed by atoms with Crippen LogP contribution in [0.3, 0.4) is 0 Å². The molecular formula is C60H104O6. The van der Waals surface area contributed by atoms with Crippen molar-refractivity contribution in [1.29, 1.82) is 0 Å². The lowest BCUT2D eigenvalue weighted by atomic mass is 10.1. The molecule has 0 N–H and O–H groups in total. The van der Waals surface area contributed by atoms with Crippen LogP contribution in [-0.4, -0.2) is 37.2 Å². The van der Waals surface area contributed by atoms with Gasteiger partial charge in [-0.05, 0) is 109 Å². The van der Waals surface area contributed by atoms with E-state index in [1.807, 2.05) is 0 Å². The van der Waals surface area contributed by atoms with Gasteiger partial charge in [0.25, 0.3) is 0 Å². The summed E-state index contributed by atoms with van der Waals surface area (Å²) >= 11 is 0. The second-order valence-electron chi connectivity index (χ2n) is 18.5. The van der Waals surface area contributed by atoms with Crippen LogP contribution in [0.1, 0.15) is 271 Å². The molecule has 0 radical (unpaired) electrons. The number of allylic oxidation sites excluding steroid dienone is 12. The van der Waals surface area contributed by atoms with Gasteiger partial charge >= 0.3 is 17.9 Å². The molecular weight excluding hydrogens is 817 g/mol. The van der Waals surface area contributed by atoms with Crippen LogP contribution in [0.5, 0.6) is 0 Å². The van der Waals surface area contributed by atoms with Gasteiger partial charge in [-0.1, -0.05) is 216 Å². The van der Waals surface area contributed by atoms with Gasteiger partial charge in [0.05, 0.1) is 0 Å². The van der Waals surface area contributed by atoms with E-state index in [-0.39, 0.29) is 31.1 Å². The van der Waals surface area contributed by atoms with Gasteiger partial charge in [0, 0.05) is 19.3 Å². The molecule has 0 aliphatic carbocycles. The quantitative estimate of drug-likeness (QED) is 0.0262. The smallest absolute Gasteiger partial charge is 0.306 e. The second-order valence-corrected chi connectivity index (χ2v) is 18.5. The fourth-order valence-electron chi connectivity index (χ4n) is 7.64. The van der Waals surface area contributed by atoms with Crippen molar-refractivity contribution < 1.29 is 28.6 Å². The van der Waals surface area contributed by atoms with Crippen molar-refractivity contribution in [2.24, 2.45) is 0 Å². The summed E-state index contributed by atoms with van der Waals surface area (Å²) in [4.78, 5) is 38.1. The maximum absolute atomic E-state index is 12.8. The minimum Gasteiger partial charge on any atom is -0.462 e. The molecule has 0 saturated carbocycles. The maximum atomic E-state index is 12.8. The number of rotatable bonds is 50. The summed E-state index contributed by atoms with van der Waals surface area (Å²) in [6, 6.07) is 0. The van der Waals surface area contributed by atoms with E-state index in [2.05, 4.69) is 93.7 Å². The Balaban J connectivity index is 4.42. The first-order valence-electron chi connectivity index (χ1n) is 27.9. The van der Waals surface area contributed by atoms with Crippen molar-refractivity contribution >= 4 is 17.9 Å². The van der Waals surface area contributed by atoms with Gasteiger partial charge in [-0.25, -0.2) is 0 Å². The topological polar surface area (TPSA) is 78.9 Å². The minimum atomic E-state index is -0.791. The Bertz CT molecular complexity index is 1240. The Kier molecular flexibility index (Phi) is 51.9. The summed E-state index contributed by atoms with van der Waals surface area (Å²) in [5.74, 6) is -0.918. The minimum absolute atomic E-state index is 0.0900. The number of carbonyl (C=O) groups is 3. The molecule has 0 amide bonds. The Morgan fingerprint density at radius 3 is 0.939 bits per heavy atom. The molecule has 0 rings (SSSR count). The van der Waals surface area contributed by atoms with Crippen molar-refractivity contribution in [3.05, 3.63) is 72.9 Å². The van der Waals surface area contributed by atoms with Gasteiger partial charge in [-0.2, -0.15) is 0 Å². The maximum Gasteiger partial charge on any atom is 0.306 e. The molecule has 380 valence electrons. The molecule has 0 aliphatic rings. The highest BCUT2D eigenvalue weighted by molar-refractivity contribution is 5.71. The highest BCUT2D eigenvalue weighted by Gasteiger charge is 2.19. The molecule has 6 heteroatoms. The van der Waals surface area contributed by atoms with E-state index in [9.17, 15) is 14.4 Å². The lowest BCUT2D eigenvalue weighted by molar-refractivity contribution is -0.167. The lowest BCUT2D eigenvalue weighted by Gasteiger charge is -2.18. The monoisotopic (exact) mass is 921 g/mol. The van der Waals surface area contributed by atoms with Crippen LogP contribution in [0.25, 0.3) is 0 Å². The number of carbonyl (C=O) groups excluding carboxylic acids is 3. The van der Waals surface area contributed by atoms with E-state index >= 15 is 0 Å². The van der Waals surface area contributed by atoms with Gasteiger partial charge in [-0.3, -0.25) is 14.4 Å². The lowest BCUT2D eigenvalue weighted by Crippen LogP contribution is -2.30. The molecule has 0 fully saturated rings. The SMILES string of the molecule is CCCC/C=C\C/C=C\CCCCCCCC(=O)OCC(COC(=O)CCCCCCCC/C=C\C/C=C\C/C=C\CCCCC)OC(=O)CCCCCCC/C=C\CCCCCCCC. The van der Waals surface area contributed by atoms with E-state index in [1.165, 1.54) is 116 Å². The predicted octanol–water partition coefficient (Wildman–Crippen LogP) is 18.6. The Hall–Kier alpha value is -3.15. The third-order valence-electron chi connectivity index (χ3n) is 11.9. The summed E-state index contributed by atoms with van der Waals surface area (Å²) in [6.45, 7) is 6.55. The molecule has 0 spiro atoms. The number of esters is 3. The van der Waals surface area contributed by atoms with Crippen LogP contribution in [0.15, 0.2) is 72.9 Å². The molecule has 1 atom stereocenters.